The summed E-state index contributed by atoms with van der Waals surface area (Å²) in [5.41, 5.74) is 8.74. The molecule has 7 nitrogen and oxygen atoms in total. The van der Waals surface area contributed by atoms with Crippen LogP contribution in [-0.4, -0.2) is 51.0 Å². The Morgan fingerprint density at radius 1 is 1.14 bits per heavy atom. The van der Waals surface area contributed by atoms with Gasteiger partial charge >= 0.3 is 0 Å². The lowest BCUT2D eigenvalue weighted by atomic mass is 9.85. The summed E-state index contributed by atoms with van der Waals surface area (Å²) >= 11 is 0. The van der Waals surface area contributed by atoms with Gasteiger partial charge in [-0.1, -0.05) is 0 Å². The van der Waals surface area contributed by atoms with Crippen LogP contribution >= 0.6 is 0 Å². The Hall–Kier alpha value is -1.96. The molecule has 28 heavy (non-hydrogen) atoms. The first kappa shape index (κ1) is 20.8. The molecule has 0 unspecified atom stereocenters. The Labute approximate surface area is 168 Å². The summed E-state index contributed by atoms with van der Waals surface area (Å²) in [7, 11) is -2.90. The molecule has 0 radical (unpaired) electrons. The van der Waals surface area contributed by atoms with Crippen molar-refractivity contribution in [2.24, 2.45) is 5.92 Å². The molecule has 1 aliphatic heterocycles. The fourth-order valence-corrected chi connectivity index (χ4v) is 5.16. The highest BCUT2D eigenvalue weighted by Gasteiger charge is 2.27. The van der Waals surface area contributed by atoms with E-state index in [9.17, 15) is 13.2 Å². The van der Waals surface area contributed by atoms with Gasteiger partial charge in [0, 0.05) is 36.8 Å². The zero-order valence-corrected chi connectivity index (χ0v) is 17.6. The number of nitrogens with one attached hydrogen (secondary N) is 2. The fourth-order valence-electron chi connectivity index (χ4n) is 3.96. The fraction of sp³-hybridized carbons (Fsp3) is 0.650. The van der Waals surface area contributed by atoms with E-state index >= 15 is 0 Å². The molecule has 2 aliphatic rings. The molecule has 1 amide bonds. The number of nitrogen functional groups attached to an aromatic ring is 1. The number of carbonyl (C=O) groups excluding carboxylic acids is 1. The Balaban J connectivity index is 1.58. The summed E-state index contributed by atoms with van der Waals surface area (Å²) in [5.74, 6) is 0.653. The first-order valence-electron chi connectivity index (χ1n) is 10.2. The predicted molar refractivity (Wildman–Crippen MR) is 114 cm³/mol. The van der Waals surface area contributed by atoms with Crippen molar-refractivity contribution < 1.29 is 13.2 Å². The van der Waals surface area contributed by atoms with Crippen molar-refractivity contribution in [2.45, 2.75) is 51.6 Å². The van der Waals surface area contributed by atoms with Gasteiger partial charge in [0.1, 0.15) is 0 Å². The van der Waals surface area contributed by atoms with Gasteiger partial charge in [-0.25, -0.2) is 8.42 Å². The number of rotatable bonds is 5. The van der Waals surface area contributed by atoms with E-state index < -0.39 is 9.84 Å². The second-order valence-corrected chi connectivity index (χ2v) is 10.6. The number of amides is 1. The highest BCUT2D eigenvalue weighted by Crippen LogP contribution is 2.31. The van der Waals surface area contributed by atoms with Crippen LogP contribution in [0.25, 0.3) is 0 Å². The molecule has 156 valence electrons. The standard InChI is InChI=1S/C20H32N4O3S/c1-14(2)22-20(25)15-3-5-16(6-4-15)23-19-13-17(7-8-18(19)21)24-9-11-28(26,27)12-10-24/h7-8,13-16,23H,3-6,9-12,21H2,1-2H3,(H,22,25). The number of hydrogen-bond donors (Lipinski definition) is 3. The number of sulfone groups is 1. The lowest BCUT2D eigenvalue weighted by Crippen LogP contribution is -2.40. The quantitative estimate of drug-likeness (QED) is 0.644. The van der Waals surface area contributed by atoms with E-state index in [2.05, 4.69) is 15.5 Å². The van der Waals surface area contributed by atoms with Crippen LogP contribution in [0.3, 0.4) is 0 Å². The molecular formula is C20H32N4O3S. The van der Waals surface area contributed by atoms with E-state index in [-0.39, 0.29) is 29.4 Å². The van der Waals surface area contributed by atoms with Gasteiger partial charge in [0.25, 0.3) is 0 Å². The molecule has 0 atom stereocenters. The van der Waals surface area contributed by atoms with E-state index in [0.717, 1.165) is 37.1 Å². The summed E-state index contributed by atoms with van der Waals surface area (Å²) in [6.45, 7) is 5.00. The molecule has 0 aromatic heterocycles. The lowest BCUT2D eigenvalue weighted by Gasteiger charge is -2.31. The molecule has 8 heteroatoms. The van der Waals surface area contributed by atoms with E-state index in [0.29, 0.717) is 24.8 Å². The molecule has 1 aromatic rings. The molecule has 3 rings (SSSR count). The van der Waals surface area contributed by atoms with Gasteiger partial charge in [-0.2, -0.15) is 0 Å². The van der Waals surface area contributed by atoms with E-state index in [1.807, 2.05) is 32.0 Å². The molecule has 1 heterocycles. The van der Waals surface area contributed by atoms with Crippen molar-refractivity contribution in [2.75, 3.05) is 40.5 Å². The van der Waals surface area contributed by atoms with E-state index in [1.54, 1.807) is 0 Å². The minimum atomic E-state index is -2.90. The van der Waals surface area contributed by atoms with Gasteiger partial charge in [0.2, 0.25) is 5.91 Å². The van der Waals surface area contributed by atoms with Gasteiger partial charge in [0.15, 0.2) is 9.84 Å². The molecule has 0 bridgehead atoms. The van der Waals surface area contributed by atoms with Crippen LogP contribution in [-0.2, 0) is 14.6 Å². The van der Waals surface area contributed by atoms with Gasteiger partial charge in [-0.3, -0.25) is 4.79 Å². The maximum absolute atomic E-state index is 12.2. The maximum atomic E-state index is 12.2. The first-order valence-corrected chi connectivity index (χ1v) is 12.0. The minimum Gasteiger partial charge on any atom is -0.397 e. The van der Waals surface area contributed by atoms with Gasteiger partial charge < -0.3 is 21.3 Å². The van der Waals surface area contributed by atoms with Crippen LogP contribution in [0, 0.1) is 5.92 Å². The highest BCUT2D eigenvalue weighted by molar-refractivity contribution is 7.91. The van der Waals surface area contributed by atoms with Crippen molar-refractivity contribution in [1.29, 1.82) is 0 Å². The molecule has 2 fully saturated rings. The van der Waals surface area contributed by atoms with Crippen LogP contribution < -0.4 is 21.3 Å². The molecule has 1 aliphatic carbocycles. The smallest absolute Gasteiger partial charge is 0.223 e. The molecule has 1 aromatic carbocycles. The number of hydrogen-bond acceptors (Lipinski definition) is 6. The number of nitrogens with two attached hydrogens (primary N) is 1. The summed E-state index contributed by atoms with van der Waals surface area (Å²) in [6.07, 6.45) is 3.61. The summed E-state index contributed by atoms with van der Waals surface area (Å²) in [4.78, 5) is 14.3. The van der Waals surface area contributed by atoms with Crippen molar-refractivity contribution in [3.05, 3.63) is 18.2 Å². The average Bonchev–Trinajstić information content (AvgIpc) is 2.64. The van der Waals surface area contributed by atoms with Gasteiger partial charge in [-0.15, -0.1) is 0 Å². The second kappa shape index (κ2) is 8.59. The number of benzene rings is 1. The van der Waals surface area contributed by atoms with E-state index in [1.165, 1.54) is 0 Å². The zero-order valence-electron chi connectivity index (χ0n) is 16.8. The van der Waals surface area contributed by atoms with Crippen LogP contribution in [0.4, 0.5) is 17.1 Å². The van der Waals surface area contributed by atoms with Crippen LogP contribution in [0.5, 0.6) is 0 Å². The van der Waals surface area contributed by atoms with Gasteiger partial charge in [0.05, 0.1) is 22.9 Å². The predicted octanol–water partition coefficient (Wildman–Crippen LogP) is 2.00. The second-order valence-electron chi connectivity index (χ2n) is 8.27. The largest absolute Gasteiger partial charge is 0.397 e. The van der Waals surface area contributed by atoms with Crippen molar-refractivity contribution in [1.82, 2.24) is 5.32 Å². The number of nitrogens with zero attached hydrogens (tertiary/aromatic N) is 1. The number of anilines is 3. The highest BCUT2D eigenvalue weighted by atomic mass is 32.2. The summed E-state index contributed by atoms with van der Waals surface area (Å²) in [6, 6.07) is 6.32. The van der Waals surface area contributed by atoms with Crippen LogP contribution in [0.15, 0.2) is 18.2 Å². The minimum absolute atomic E-state index is 0.0967. The zero-order chi connectivity index (χ0) is 20.3. The summed E-state index contributed by atoms with van der Waals surface area (Å²) in [5, 5.41) is 6.55. The molecule has 4 N–H and O–H groups in total. The normalized spacial score (nSPS) is 24.8. The van der Waals surface area contributed by atoms with Crippen LogP contribution in [0.2, 0.25) is 0 Å². The van der Waals surface area contributed by atoms with Crippen molar-refractivity contribution in [3.8, 4) is 0 Å². The Bertz CT molecular complexity index is 788. The molecule has 0 spiro atoms. The molecular weight excluding hydrogens is 376 g/mol. The maximum Gasteiger partial charge on any atom is 0.223 e. The third-order valence-electron chi connectivity index (χ3n) is 5.63. The Kier molecular flexibility index (Phi) is 6.37. The third kappa shape index (κ3) is 5.31. The molecule has 1 saturated heterocycles. The Morgan fingerprint density at radius 3 is 2.39 bits per heavy atom. The monoisotopic (exact) mass is 408 g/mol. The third-order valence-corrected chi connectivity index (χ3v) is 7.24. The topological polar surface area (TPSA) is 105 Å². The first-order chi connectivity index (χ1) is 13.2. The number of carbonyl (C=O) groups is 1. The van der Waals surface area contributed by atoms with Gasteiger partial charge in [-0.05, 0) is 57.7 Å². The van der Waals surface area contributed by atoms with Crippen molar-refractivity contribution >= 4 is 32.8 Å². The average molecular weight is 409 g/mol. The SMILES string of the molecule is CC(C)NC(=O)C1CCC(Nc2cc(N3CCS(=O)(=O)CC3)ccc2N)CC1. The molecule has 1 saturated carbocycles. The lowest BCUT2D eigenvalue weighted by molar-refractivity contribution is -0.126. The van der Waals surface area contributed by atoms with E-state index in [4.69, 9.17) is 5.73 Å². The van der Waals surface area contributed by atoms with Crippen LogP contribution in [0.1, 0.15) is 39.5 Å². The van der Waals surface area contributed by atoms with Crippen molar-refractivity contribution in [3.63, 3.8) is 0 Å². The Morgan fingerprint density at radius 2 is 1.79 bits per heavy atom. The summed E-state index contributed by atoms with van der Waals surface area (Å²) < 4.78 is 23.3.